The SMILES string of the molecule is O=S(=O)(NCCc1nnc2ccc(NCc3ccncc3)nn12)c1ccccc1. The predicted molar refractivity (Wildman–Crippen MR) is 108 cm³/mol. The summed E-state index contributed by atoms with van der Waals surface area (Å²) in [6.45, 7) is 0.795. The Balaban J connectivity index is 1.42. The molecule has 0 spiro atoms. The summed E-state index contributed by atoms with van der Waals surface area (Å²) < 4.78 is 28.8. The lowest BCUT2D eigenvalue weighted by molar-refractivity contribution is 0.580. The first-order valence-electron chi connectivity index (χ1n) is 9.01. The molecule has 0 aliphatic heterocycles. The fourth-order valence-electron chi connectivity index (χ4n) is 2.76. The van der Waals surface area contributed by atoms with Crippen LogP contribution in [-0.4, -0.2) is 39.8 Å². The molecule has 0 aliphatic rings. The molecule has 0 saturated heterocycles. The third-order valence-electron chi connectivity index (χ3n) is 4.24. The van der Waals surface area contributed by atoms with Crippen LogP contribution in [0.25, 0.3) is 5.65 Å². The van der Waals surface area contributed by atoms with Gasteiger partial charge < -0.3 is 5.32 Å². The van der Waals surface area contributed by atoms with Gasteiger partial charge in [-0.1, -0.05) is 18.2 Å². The van der Waals surface area contributed by atoms with Crippen molar-refractivity contribution in [3.05, 3.63) is 78.4 Å². The zero-order chi connectivity index (χ0) is 20.1. The van der Waals surface area contributed by atoms with Gasteiger partial charge in [-0.15, -0.1) is 15.3 Å². The highest BCUT2D eigenvalue weighted by Gasteiger charge is 2.14. The van der Waals surface area contributed by atoms with Gasteiger partial charge in [0.1, 0.15) is 5.82 Å². The van der Waals surface area contributed by atoms with Gasteiger partial charge in [0.05, 0.1) is 4.90 Å². The third kappa shape index (κ3) is 4.55. The van der Waals surface area contributed by atoms with Gasteiger partial charge >= 0.3 is 0 Å². The number of anilines is 1. The van der Waals surface area contributed by atoms with Crippen molar-refractivity contribution in [2.75, 3.05) is 11.9 Å². The highest BCUT2D eigenvalue weighted by Crippen LogP contribution is 2.10. The van der Waals surface area contributed by atoms with Crippen LogP contribution in [0.3, 0.4) is 0 Å². The van der Waals surface area contributed by atoms with Crippen LogP contribution in [0.2, 0.25) is 0 Å². The van der Waals surface area contributed by atoms with Crippen molar-refractivity contribution in [2.45, 2.75) is 17.9 Å². The summed E-state index contributed by atoms with van der Waals surface area (Å²) >= 11 is 0. The topological polar surface area (TPSA) is 114 Å². The Morgan fingerprint density at radius 3 is 2.52 bits per heavy atom. The summed E-state index contributed by atoms with van der Waals surface area (Å²) in [7, 11) is -3.56. The van der Waals surface area contributed by atoms with E-state index in [0.717, 1.165) is 5.56 Å². The molecule has 0 radical (unpaired) electrons. The largest absolute Gasteiger partial charge is 0.365 e. The molecule has 0 atom stereocenters. The fourth-order valence-corrected chi connectivity index (χ4v) is 3.81. The number of pyridine rings is 1. The summed E-state index contributed by atoms with van der Waals surface area (Å²) in [6.07, 6.45) is 3.83. The van der Waals surface area contributed by atoms with Gasteiger partial charge in [-0.2, -0.15) is 4.52 Å². The molecule has 0 amide bonds. The molecule has 4 rings (SSSR count). The second-order valence-electron chi connectivity index (χ2n) is 6.27. The van der Waals surface area contributed by atoms with E-state index >= 15 is 0 Å². The molecule has 1 aromatic carbocycles. The van der Waals surface area contributed by atoms with Crippen LogP contribution in [-0.2, 0) is 23.0 Å². The van der Waals surface area contributed by atoms with Crippen molar-refractivity contribution in [1.29, 1.82) is 0 Å². The summed E-state index contributed by atoms with van der Waals surface area (Å²) in [6, 6.07) is 15.7. The fraction of sp³-hybridized carbons (Fsp3) is 0.158. The number of fused-ring (bicyclic) bond motifs is 1. The molecule has 29 heavy (non-hydrogen) atoms. The maximum Gasteiger partial charge on any atom is 0.240 e. The molecule has 0 aliphatic carbocycles. The summed E-state index contributed by atoms with van der Waals surface area (Å²) in [5.41, 5.74) is 1.68. The number of sulfonamides is 1. The Morgan fingerprint density at radius 1 is 0.931 bits per heavy atom. The number of rotatable bonds is 8. The summed E-state index contributed by atoms with van der Waals surface area (Å²) in [4.78, 5) is 4.23. The molecule has 10 heteroatoms. The molecular weight excluding hydrogens is 390 g/mol. The molecule has 3 heterocycles. The Bertz CT molecular complexity index is 1200. The highest BCUT2D eigenvalue weighted by molar-refractivity contribution is 7.89. The average Bonchev–Trinajstić information content (AvgIpc) is 3.16. The lowest BCUT2D eigenvalue weighted by Crippen LogP contribution is -2.26. The van der Waals surface area contributed by atoms with Crippen molar-refractivity contribution >= 4 is 21.5 Å². The molecule has 148 valence electrons. The van der Waals surface area contributed by atoms with Crippen LogP contribution in [0.4, 0.5) is 5.82 Å². The van der Waals surface area contributed by atoms with Gasteiger partial charge in [-0.25, -0.2) is 13.1 Å². The standard InChI is InChI=1S/C19H19N7O2S/c27-29(28,16-4-2-1-3-5-16)22-13-10-19-24-23-18-7-6-17(25-26(18)19)21-14-15-8-11-20-12-9-15/h1-9,11-12,22H,10,13-14H2,(H,21,25). The lowest BCUT2D eigenvalue weighted by atomic mass is 10.3. The first-order valence-corrected chi connectivity index (χ1v) is 10.5. The van der Waals surface area contributed by atoms with Crippen LogP contribution in [0, 0.1) is 0 Å². The minimum Gasteiger partial charge on any atom is -0.365 e. The number of hydrogen-bond donors (Lipinski definition) is 2. The number of benzene rings is 1. The Kier molecular flexibility index (Phi) is 5.45. The summed E-state index contributed by atoms with van der Waals surface area (Å²) in [5, 5.41) is 16.0. The molecule has 9 nitrogen and oxygen atoms in total. The number of hydrogen-bond acceptors (Lipinski definition) is 7. The van der Waals surface area contributed by atoms with E-state index in [-0.39, 0.29) is 11.4 Å². The minimum atomic E-state index is -3.56. The van der Waals surface area contributed by atoms with E-state index in [4.69, 9.17) is 0 Å². The van der Waals surface area contributed by atoms with Crippen molar-refractivity contribution < 1.29 is 8.42 Å². The van der Waals surface area contributed by atoms with Gasteiger partial charge in [0.25, 0.3) is 0 Å². The number of nitrogens with zero attached hydrogens (tertiary/aromatic N) is 5. The van der Waals surface area contributed by atoms with Gasteiger partial charge in [-0.05, 0) is 42.0 Å². The monoisotopic (exact) mass is 409 g/mol. The van der Waals surface area contributed by atoms with Crippen LogP contribution < -0.4 is 10.0 Å². The van der Waals surface area contributed by atoms with Crippen molar-refractivity contribution in [3.8, 4) is 0 Å². The first-order chi connectivity index (χ1) is 14.1. The zero-order valence-corrected chi connectivity index (χ0v) is 16.2. The van der Waals surface area contributed by atoms with E-state index in [9.17, 15) is 8.42 Å². The van der Waals surface area contributed by atoms with Crippen molar-refractivity contribution in [3.63, 3.8) is 0 Å². The van der Waals surface area contributed by atoms with E-state index in [1.807, 2.05) is 24.3 Å². The van der Waals surface area contributed by atoms with E-state index in [1.54, 1.807) is 47.2 Å². The lowest BCUT2D eigenvalue weighted by Gasteiger charge is -2.07. The molecule has 4 aromatic rings. The van der Waals surface area contributed by atoms with E-state index in [0.29, 0.717) is 30.3 Å². The minimum absolute atomic E-state index is 0.189. The normalized spacial score (nSPS) is 11.6. The number of aromatic nitrogens is 5. The second-order valence-corrected chi connectivity index (χ2v) is 8.04. The highest BCUT2D eigenvalue weighted by atomic mass is 32.2. The van der Waals surface area contributed by atoms with E-state index < -0.39 is 10.0 Å². The molecule has 3 aromatic heterocycles. The quantitative estimate of drug-likeness (QED) is 0.455. The van der Waals surface area contributed by atoms with E-state index in [1.165, 1.54) is 0 Å². The van der Waals surface area contributed by atoms with Crippen LogP contribution in [0.15, 0.2) is 71.9 Å². The molecule has 0 bridgehead atoms. The van der Waals surface area contributed by atoms with Crippen LogP contribution >= 0.6 is 0 Å². The van der Waals surface area contributed by atoms with Crippen molar-refractivity contribution in [1.82, 2.24) is 29.5 Å². The maximum atomic E-state index is 12.3. The summed E-state index contributed by atoms with van der Waals surface area (Å²) in [5.74, 6) is 1.24. The number of nitrogens with one attached hydrogen (secondary N) is 2. The van der Waals surface area contributed by atoms with Crippen LogP contribution in [0.5, 0.6) is 0 Å². The maximum absolute atomic E-state index is 12.3. The molecule has 0 saturated carbocycles. The van der Waals surface area contributed by atoms with Crippen molar-refractivity contribution in [2.24, 2.45) is 0 Å². The third-order valence-corrected chi connectivity index (χ3v) is 5.72. The van der Waals surface area contributed by atoms with Gasteiger partial charge in [0, 0.05) is 31.9 Å². The first kappa shape index (κ1) is 19.0. The van der Waals surface area contributed by atoms with Gasteiger partial charge in [-0.3, -0.25) is 4.98 Å². The average molecular weight is 409 g/mol. The van der Waals surface area contributed by atoms with Gasteiger partial charge in [0.2, 0.25) is 10.0 Å². The molecule has 0 unspecified atom stereocenters. The van der Waals surface area contributed by atoms with Crippen LogP contribution in [0.1, 0.15) is 11.4 Å². The molecule has 0 fully saturated rings. The van der Waals surface area contributed by atoms with E-state index in [2.05, 4.69) is 30.3 Å². The molecule has 2 N–H and O–H groups in total. The Hall–Kier alpha value is -3.37. The molecular formula is C19H19N7O2S. The van der Waals surface area contributed by atoms with Gasteiger partial charge in [0.15, 0.2) is 11.5 Å². The Labute approximate surface area is 167 Å². The smallest absolute Gasteiger partial charge is 0.240 e. The second kappa shape index (κ2) is 8.33. The predicted octanol–water partition coefficient (Wildman–Crippen LogP) is 1.65. The Morgan fingerprint density at radius 2 is 1.72 bits per heavy atom. The zero-order valence-electron chi connectivity index (χ0n) is 15.4.